The zero-order valence-electron chi connectivity index (χ0n) is 15.3. The number of urea groups is 1. The molecular weight excluding hydrogens is 342 g/mol. The molecule has 1 N–H and O–H groups in total. The lowest BCUT2D eigenvalue weighted by atomic mass is 9.99. The number of amides is 5. The zero-order valence-corrected chi connectivity index (χ0v) is 15.3. The molecule has 144 valence electrons. The van der Waals surface area contributed by atoms with Gasteiger partial charge in [-0.25, -0.2) is 14.5 Å². The monoisotopic (exact) mass is 367 g/mol. The lowest BCUT2D eigenvalue weighted by Crippen LogP contribution is -2.50. The van der Waals surface area contributed by atoms with Crippen molar-refractivity contribution in [3.05, 3.63) is 0 Å². The van der Waals surface area contributed by atoms with Gasteiger partial charge in [-0.05, 0) is 18.8 Å². The van der Waals surface area contributed by atoms with Gasteiger partial charge in [-0.15, -0.1) is 0 Å². The second-order valence-corrected chi connectivity index (χ2v) is 6.74. The normalized spacial score (nSPS) is 20.5. The van der Waals surface area contributed by atoms with Crippen molar-refractivity contribution in [1.82, 2.24) is 15.1 Å². The third-order valence-corrected chi connectivity index (χ3v) is 5.06. The van der Waals surface area contributed by atoms with Crippen LogP contribution in [0, 0.1) is 5.92 Å². The van der Waals surface area contributed by atoms with Crippen LogP contribution in [0.4, 0.5) is 4.79 Å². The Bertz CT molecular complexity index is 614. The molecule has 1 aliphatic heterocycles. The molecule has 0 spiro atoms. The molecule has 1 aliphatic carbocycles. The van der Waals surface area contributed by atoms with Crippen LogP contribution in [0.3, 0.4) is 0 Å². The van der Waals surface area contributed by atoms with Crippen LogP contribution in [0.5, 0.6) is 0 Å². The van der Waals surface area contributed by atoms with Crippen LogP contribution in [-0.4, -0.2) is 65.3 Å². The summed E-state index contributed by atoms with van der Waals surface area (Å²) >= 11 is 0. The van der Waals surface area contributed by atoms with Crippen molar-refractivity contribution in [1.29, 1.82) is 0 Å². The molecule has 2 fully saturated rings. The number of imide groups is 2. The van der Waals surface area contributed by atoms with E-state index in [2.05, 4.69) is 10.1 Å². The van der Waals surface area contributed by atoms with Crippen molar-refractivity contribution >= 4 is 29.7 Å². The van der Waals surface area contributed by atoms with Gasteiger partial charge in [-0.1, -0.05) is 33.1 Å². The maximum Gasteiger partial charge on any atom is 0.334 e. The van der Waals surface area contributed by atoms with E-state index in [4.69, 9.17) is 0 Å². The second kappa shape index (κ2) is 8.29. The van der Waals surface area contributed by atoms with E-state index >= 15 is 0 Å². The number of esters is 1. The van der Waals surface area contributed by atoms with Gasteiger partial charge in [-0.3, -0.25) is 19.3 Å². The Kier molecular flexibility index (Phi) is 6.33. The van der Waals surface area contributed by atoms with Gasteiger partial charge < -0.3 is 10.1 Å². The lowest BCUT2D eigenvalue weighted by molar-refractivity contribution is -0.147. The Morgan fingerprint density at radius 1 is 1.19 bits per heavy atom. The molecular formula is C17H25N3O6. The lowest BCUT2D eigenvalue weighted by Gasteiger charge is -2.23. The Morgan fingerprint density at radius 2 is 1.81 bits per heavy atom. The molecule has 0 radical (unpaired) electrons. The Morgan fingerprint density at radius 3 is 2.35 bits per heavy atom. The summed E-state index contributed by atoms with van der Waals surface area (Å²) in [6, 6.07) is -1.93. The van der Waals surface area contributed by atoms with E-state index < -0.39 is 42.3 Å². The van der Waals surface area contributed by atoms with Gasteiger partial charge in [0.1, 0.15) is 12.6 Å². The minimum absolute atomic E-state index is 0.187. The highest BCUT2D eigenvalue weighted by molar-refractivity contribution is 6.45. The van der Waals surface area contributed by atoms with Gasteiger partial charge in [0, 0.05) is 6.04 Å². The van der Waals surface area contributed by atoms with Gasteiger partial charge in [-0.2, -0.15) is 0 Å². The molecule has 26 heavy (non-hydrogen) atoms. The molecule has 1 saturated carbocycles. The van der Waals surface area contributed by atoms with Crippen molar-refractivity contribution in [2.24, 2.45) is 5.92 Å². The predicted octanol–water partition coefficient (Wildman–Crippen LogP) is 0.424. The fourth-order valence-corrected chi connectivity index (χ4v) is 3.31. The van der Waals surface area contributed by atoms with E-state index in [1.165, 1.54) is 7.11 Å². The highest BCUT2D eigenvalue weighted by Gasteiger charge is 2.48. The van der Waals surface area contributed by atoms with Gasteiger partial charge in [0.05, 0.1) is 7.11 Å². The van der Waals surface area contributed by atoms with Crippen molar-refractivity contribution in [3.63, 3.8) is 0 Å². The Balaban J connectivity index is 2.05. The van der Waals surface area contributed by atoms with Crippen molar-refractivity contribution in [2.75, 3.05) is 13.7 Å². The van der Waals surface area contributed by atoms with Crippen molar-refractivity contribution < 1.29 is 28.7 Å². The third kappa shape index (κ3) is 3.86. The largest absolute Gasteiger partial charge is 0.467 e. The first-order valence-electron chi connectivity index (χ1n) is 8.88. The molecule has 2 atom stereocenters. The summed E-state index contributed by atoms with van der Waals surface area (Å²) in [6.45, 7) is 3.04. The Labute approximate surface area is 152 Å². The SMILES string of the molecule is CC[C@@H](C)[C@@H](NC(=O)CN1C(=O)C(=O)N(C2CCCC2)C1=O)C(=O)OC. The number of carbonyl (C=O) groups excluding carboxylic acids is 5. The van der Waals surface area contributed by atoms with Crippen LogP contribution in [0.2, 0.25) is 0 Å². The molecule has 0 unspecified atom stereocenters. The van der Waals surface area contributed by atoms with E-state index in [0.29, 0.717) is 24.2 Å². The summed E-state index contributed by atoms with van der Waals surface area (Å²) in [5.74, 6) is -3.37. The number of rotatable bonds is 7. The third-order valence-electron chi connectivity index (χ3n) is 5.06. The number of nitrogens with zero attached hydrogens (tertiary/aromatic N) is 2. The van der Waals surface area contributed by atoms with Gasteiger partial charge >= 0.3 is 23.8 Å². The fraction of sp³-hybridized carbons (Fsp3) is 0.706. The molecule has 2 aliphatic rings. The highest BCUT2D eigenvalue weighted by atomic mass is 16.5. The predicted molar refractivity (Wildman–Crippen MR) is 89.6 cm³/mol. The van der Waals surface area contributed by atoms with E-state index in [9.17, 15) is 24.0 Å². The number of hydrogen-bond donors (Lipinski definition) is 1. The minimum Gasteiger partial charge on any atom is -0.467 e. The van der Waals surface area contributed by atoms with Gasteiger partial charge in [0.15, 0.2) is 0 Å². The first kappa shape index (κ1) is 19.9. The van der Waals surface area contributed by atoms with Crippen molar-refractivity contribution in [3.8, 4) is 0 Å². The van der Waals surface area contributed by atoms with Crippen LogP contribution in [0.15, 0.2) is 0 Å². The van der Waals surface area contributed by atoms with Crippen LogP contribution in [-0.2, 0) is 23.9 Å². The van der Waals surface area contributed by atoms with E-state index in [1.807, 2.05) is 6.92 Å². The summed E-state index contributed by atoms with van der Waals surface area (Å²) < 4.78 is 4.69. The fourth-order valence-electron chi connectivity index (χ4n) is 3.31. The van der Waals surface area contributed by atoms with E-state index in [-0.39, 0.29) is 12.0 Å². The quantitative estimate of drug-likeness (QED) is 0.396. The molecule has 0 aromatic carbocycles. The maximum atomic E-state index is 12.5. The molecule has 9 heteroatoms. The summed E-state index contributed by atoms with van der Waals surface area (Å²) in [7, 11) is 1.22. The summed E-state index contributed by atoms with van der Waals surface area (Å²) in [5.41, 5.74) is 0. The van der Waals surface area contributed by atoms with Crippen LogP contribution in [0.25, 0.3) is 0 Å². The topological polar surface area (TPSA) is 113 Å². The van der Waals surface area contributed by atoms with E-state index in [0.717, 1.165) is 17.7 Å². The van der Waals surface area contributed by atoms with Gasteiger partial charge in [0.2, 0.25) is 5.91 Å². The van der Waals surface area contributed by atoms with Gasteiger partial charge in [0.25, 0.3) is 0 Å². The molecule has 0 bridgehead atoms. The zero-order chi connectivity index (χ0) is 19.4. The number of methoxy groups -OCH3 is 1. The summed E-state index contributed by atoms with van der Waals surface area (Å²) in [5, 5.41) is 2.50. The maximum absolute atomic E-state index is 12.5. The standard InChI is InChI=1S/C17H25N3O6/c1-4-10(2)13(16(24)26-3)18-12(21)9-19-14(22)15(23)20(17(19)25)11-7-5-6-8-11/h10-11,13H,4-9H2,1-3H3,(H,18,21)/t10-,13-/m1/s1. The number of ether oxygens (including phenoxy) is 1. The molecule has 0 aromatic heterocycles. The smallest absolute Gasteiger partial charge is 0.334 e. The Hall–Kier alpha value is -2.45. The first-order chi connectivity index (χ1) is 12.3. The van der Waals surface area contributed by atoms with E-state index in [1.54, 1.807) is 6.92 Å². The number of hydrogen-bond acceptors (Lipinski definition) is 6. The second-order valence-electron chi connectivity index (χ2n) is 6.74. The van der Waals surface area contributed by atoms with Crippen LogP contribution >= 0.6 is 0 Å². The van der Waals surface area contributed by atoms with Crippen LogP contribution in [0.1, 0.15) is 46.0 Å². The summed E-state index contributed by atoms with van der Waals surface area (Å²) in [4.78, 5) is 62.4. The number of nitrogens with one attached hydrogen (secondary N) is 1. The molecule has 5 amide bonds. The number of carbonyl (C=O) groups is 5. The molecule has 1 heterocycles. The highest BCUT2D eigenvalue weighted by Crippen LogP contribution is 2.27. The molecule has 2 rings (SSSR count). The molecule has 1 saturated heterocycles. The van der Waals surface area contributed by atoms with Crippen molar-refractivity contribution in [2.45, 2.75) is 58.0 Å². The molecule has 0 aromatic rings. The summed E-state index contributed by atoms with van der Waals surface area (Å²) in [6.07, 6.45) is 3.75. The molecule has 9 nitrogen and oxygen atoms in total. The average molecular weight is 367 g/mol. The van der Waals surface area contributed by atoms with Crippen LogP contribution < -0.4 is 5.32 Å². The average Bonchev–Trinajstić information content (AvgIpc) is 3.22. The first-order valence-corrected chi connectivity index (χ1v) is 8.88. The minimum atomic E-state index is -1.00.